The highest BCUT2D eigenvalue weighted by atomic mass is 32.1. The molecule has 0 saturated heterocycles. The summed E-state index contributed by atoms with van der Waals surface area (Å²) in [5.74, 6) is 0.330. The minimum absolute atomic E-state index is 0.158. The lowest BCUT2D eigenvalue weighted by atomic mass is 10.2. The number of thiophene rings is 1. The normalized spacial score (nSPS) is 21.3. The Morgan fingerprint density at radius 1 is 1.50 bits per heavy atom. The molecule has 2 aromatic rings. The number of nitrogens with zero attached hydrogens (tertiary/aromatic N) is 2. The summed E-state index contributed by atoms with van der Waals surface area (Å²) in [5.41, 5.74) is 0.419. The van der Waals surface area contributed by atoms with Crippen molar-refractivity contribution in [1.82, 2.24) is 9.55 Å². The van der Waals surface area contributed by atoms with Crippen LogP contribution in [0.15, 0.2) is 40.7 Å². The molecular weight excluding hydrogens is 276 g/mol. The topological polar surface area (TPSA) is 64.3 Å². The second-order valence-corrected chi connectivity index (χ2v) is 5.53. The molecule has 1 N–H and O–H groups in total. The van der Waals surface area contributed by atoms with Gasteiger partial charge in [0.1, 0.15) is 0 Å². The molecule has 20 heavy (non-hydrogen) atoms. The van der Waals surface area contributed by atoms with Gasteiger partial charge in [0.25, 0.3) is 0 Å². The molecule has 104 valence electrons. The summed E-state index contributed by atoms with van der Waals surface area (Å²) in [6.45, 7) is 0. The maximum Gasteiger partial charge on any atom is 0.351 e. The lowest BCUT2D eigenvalue weighted by Crippen LogP contribution is -2.26. The van der Waals surface area contributed by atoms with E-state index in [0.29, 0.717) is 12.3 Å². The Balaban J connectivity index is 2.10. The van der Waals surface area contributed by atoms with Gasteiger partial charge in [-0.05, 0) is 11.4 Å². The second kappa shape index (κ2) is 5.22. The van der Waals surface area contributed by atoms with E-state index in [1.807, 2.05) is 23.6 Å². The maximum atomic E-state index is 12.1. The van der Waals surface area contributed by atoms with Crippen molar-refractivity contribution in [1.29, 1.82) is 0 Å². The van der Waals surface area contributed by atoms with Crippen LogP contribution in [-0.2, 0) is 0 Å². The first-order valence-corrected chi connectivity index (χ1v) is 7.14. The Morgan fingerprint density at radius 3 is 2.95 bits per heavy atom. The van der Waals surface area contributed by atoms with Crippen molar-refractivity contribution in [3.8, 4) is 16.3 Å². The molecule has 0 radical (unpaired) electrons. The fourth-order valence-corrected chi connectivity index (χ4v) is 3.04. The minimum Gasteiger partial charge on any atom is -0.480 e. The maximum absolute atomic E-state index is 12.1. The summed E-state index contributed by atoms with van der Waals surface area (Å²) in [4.78, 5) is 17.1. The summed E-state index contributed by atoms with van der Waals surface area (Å²) in [6, 6.07) is 3.74. The van der Waals surface area contributed by atoms with Crippen molar-refractivity contribution in [2.24, 2.45) is 0 Å². The molecule has 3 rings (SSSR count). The monoisotopic (exact) mass is 290 g/mol. The summed E-state index contributed by atoms with van der Waals surface area (Å²) >= 11 is 1.56. The molecule has 2 aromatic heterocycles. The third kappa shape index (κ3) is 2.28. The number of methoxy groups -OCH3 is 1. The number of hydrogen-bond acceptors (Lipinski definition) is 5. The molecule has 0 aliphatic heterocycles. The highest BCUT2D eigenvalue weighted by molar-refractivity contribution is 7.13. The number of aliphatic hydroxyl groups excluding tert-OH is 1. The van der Waals surface area contributed by atoms with E-state index in [9.17, 15) is 9.90 Å². The van der Waals surface area contributed by atoms with E-state index in [1.165, 1.54) is 7.11 Å². The van der Waals surface area contributed by atoms with Crippen LogP contribution >= 0.6 is 11.3 Å². The molecular formula is C14H14N2O3S. The Hall–Kier alpha value is -1.92. The zero-order chi connectivity index (χ0) is 14.1. The van der Waals surface area contributed by atoms with E-state index >= 15 is 0 Å². The van der Waals surface area contributed by atoms with E-state index in [2.05, 4.69) is 4.98 Å². The van der Waals surface area contributed by atoms with Crippen LogP contribution in [0.25, 0.3) is 10.4 Å². The third-order valence-corrected chi connectivity index (χ3v) is 4.20. The first-order chi connectivity index (χ1) is 9.69. The lowest BCUT2D eigenvalue weighted by Gasteiger charge is -2.15. The zero-order valence-corrected chi connectivity index (χ0v) is 11.7. The largest absolute Gasteiger partial charge is 0.480 e. The fourth-order valence-electron chi connectivity index (χ4n) is 2.32. The standard InChI is InChI=1S/C14H14N2O3S/c1-19-13-11(12-3-2-6-20-12)8-16(14(18)15-13)9-4-5-10(17)7-9/h2-6,8-10,17H,7H2,1H3/t9-,10+/m1/s1. The summed E-state index contributed by atoms with van der Waals surface area (Å²) in [6.07, 6.45) is 5.29. The van der Waals surface area contributed by atoms with Crippen molar-refractivity contribution in [3.63, 3.8) is 0 Å². The summed E-state index contributed by atoms with van der Waals surface area (Å²) in [5, 5.41) is 11.5. The molecule has 0 amide bonds. The van der Waals surface area contributed by atoms with Crippen LogP contribution in [0, 0.1) is 0 Å². The van der Waals surface area contributed by atoms with Crippen LogP contribution in [0.4, 0.5) is 0 Å². The Bertz CT molecular complexity index is 691. The third-order valence-electron chi connectivity index (χ3n) is 3.29. The average Bonchev–Trinajstić information content (AvgIpc) is 3.09. The molecule has 1 aliphatic carbocycles. The molecule has 5 nitrogen and oxygen atoms in total. The fraction of sp³-hybridized carbons (Fsp3) is 0.286. The first kappa shape index (κ1) is 13.1. The van der Waals surface area contributed by atoms with Gasteiger partial charge in [-0.3, -0.25) is 4.57 Å². The molecule has 0 aromatic carbocycles. The molecule has 0 fully saturated rings. The number of ether oxygens (including phenoxy) is 1. The number of allylic oxidation sites excluding steroid dienone is 1. The van der Waals surface area contributed by atoms with Crippen LogP contribution in [-0.4, -0.2) is 27.9 Å². The number of aliphatic hydroxyl groups is 1. The van der Waals surface area contributed by atoms with Gasteiger partial charge in [-0.2, -0.15) is 4.98 Å². The summed E-state index contributed by atoms with van der Waals surface area (Å²) in [7, 11) is 1.50. The van der Waals surface area contributed by atoms with Crippen LogP contribution in [0.5, 0.6) is 5.88 Å². The summed E-state index contributed by atoms with van der Waals surface area (Å²) < 4.78 is 6.75. The lowest BCUT2D eigenvalue weighted by molar-refractivity contribution is 0.209. The molecule has 0 unspecified atom stereocenters. The molecule has 0 spiro atoms. The highest BCUT2D eigenvalue weighted by Crippen LogP contribution is 2.32. The predicted molar refractivity (Wildman–Crippen MR) is 77.2 cm³/mol. The molecule has 2 heterocycles. The van der Waals surface area contributed by atoms with Gasteiger partial charge in [0.2, 0.25) is 5.88 Å². The molecule has 6 heteroatoms. The van der Waals surface area contributed by atoms with Gasteiger partial charge in [-0.1, -0.05) is 18.2 Å². The van der Waals surface area contributed by atoms with Gasteiger partial charge < -0.3 is 9.84 Å². The molecule has 2 atom stereocenters. The predicted octanol–water partition coefficient (Wildman–Crippen LogP) is 1.84. The van der Waals surface area contributed by atoms with Crippen LogP contribution in [0.1, 0.15) is 12.5 Å². The van der Waals surface area contributed by atoms with E-state index in [-0.39, 0.29) is 11.7 Å². The zero-order valence-electron chi connectivity index (χ0n) is 10.9. The minimum atomic E-state index is -0.501. The Kier molecular flexibility index (Phi) is 3.42. The smallest absolute Gasteiger partial charge is 0.351 e. The van der Waals surface area contributed by atoms with Crippen LogP contribution < -0.4 is 10.4 Å². The Labute approximate surface area is 119 Å². The van der Waals surface area contributed by atoms with Crippen molar-refractivity contribution in [2.75, 3.05) is 7.11 Å². The van der Waals surface area contributed by atoms with Gasteiger partial charge in [0.05, 0.1) is 24.8 Å². The van der Waals surface area contributed by atoms with Gasteiger partial charge in [-0.15, -0.1) is 11.3 Å². The van der Waals surface area contributed by atoms with Gasteiger partial charge in [-0.25, -0.2) is 4.79 Å². The number of aromatic nitrogens is 2. The first-order valence-electron chi connectivity index (χ1n) is 6.26. The van der Waals surface area contributed by atoms with Crippen molar-refractivity contribution in [2.45, 2.75) is 18.6 Å². The van der Waals surface area contributed by atoms with Crippen molar-refractivity contribution >= 4 is 11.3 Å². The average molecular weight is 290 g/mol. The van der Waals surface area contributed by atoms with E-state index in [0.717, 1.165) is 10.4 Å². The number of hydrogen-bond donors (Lipinski definition) is 1. The molecule has 1 aliphatic rings. The molecule has 0 saturated carbocycles. The highest BCUT2D eigenvalue weighted by Gasteiger charge is 2.21. The van der Waals surface area contributed by atoms with Crippen LogP contribution in [0.2, 0.25) is 0 Å². The second-order valence-electron chi connectivity index (χ2n) is 4.59. The van der Waals surface area contributed by atoms with Gasteiger partial charge >= 0.3 is 5.69 Å². The van der Waals surface area contributed by atoms with Gasteiger partial charge in [0, 0.05) is 17.5 Å². The van der Waals surface area contributed by atoms with Gasteiger partial charge in [0.15, 0.2) is 0 Å². The van der Waals surface area contributed by atoms with Crippen LogP contribution in [0.3, 0.4) is 0 Å². The van der Waals surface area contributed by atoms with Crippen molar-refractivity contribution < 1.29 is 9.84 Å². The van der Waals surface area contributed by atoms with Crippen molar-refractivity contribution in [3.05, 3.63) is 46.3 Å². The quantitative estimate of drug-likeness (QED) is 0.876. The molecule has 0 bridgehead atoms. The van der Waals surface area contributed by atoms with E-state index in [1.54, 1.807) is 28.2 Å². The number of rotatable bonds is 3. The SMILES string of the molecule is COc1nc(=O)n([C@@H]2C=C[C@H](O)C2)cc1-c1cccs1. The Morgan fingerprint density at radius 2 is 2.35 bits per heavy atom. The van der Waals surface area contributed by atoms with E-state index < -0.39 is 6.10 Å². The van der Waals surface area contributed by atoms with E-state index in [4.69, 9.17) is 4.74 Å².